The first-order valence-corrected chi connectivity index (χ1v) is 7.66. The van der Waals surface area contributed by atoms with Crippen LogP contribution in [0.4, 0.5) is 0 Å². The third-order valence-electron chi connectivity index (χ3n) is 3.22. The van der Waals surface area contributed by atoms with Crippen molar-refractivity contribution in [3.63, 3.8) is 0 Å². The summed E-state index contributed by atoms with van der Waals surface area (Å²) in [4.78, 5) is 11.7. The standard InChI is InChI=1S/C15H32N2O/c1-5-7-8-9-10-11-12-13-15(18)16-17(3,4)14-6-2/h5-14H2,1-4H3/p+1. The zero-order chi connectivity index (χ0) is 13.9. The summed E-state index contributed by atoms with van der Waals surface area (Å²) < 4.78 is 0.603. The van der Waals surface area contributed by atoms with E-state index in [4.69, 9.17) is 0 Å². The monoisotopic (exact) mass is 257 g/mol. The van der Waals surface area contributed by atoms with E-state index in [0.717, 1.165) is 19.4 Å². The fourth-order valence-electron chi connectivity index (χ4n) is 2.25. The minimum absolute atomic E-state index is 0.196. The number of amides is 1. The zero-order valence-electron chi connectivity index (χ0n) is 12.9. The molecule has 0 aliphatic carbocycles. The third-order valence-corrected chi connectivity index (χ3v) is 3.22. The zero-order valence-corrected chi connectivity index (χ0v) is 12.9. The fourth-order valence-corrected chi connectivity index (χ4v) is 2.25. The van der Waals surface area contributed by atoms with E-state index in [2.05, 4.69) is 19.3 Å². The lowest BCUT2D eigenvalue weighted by atomic mass is 10.1. The Bertz CT molecular complexity index is 215. The SMILES string of the molecule is CCCCCCCCCC(=O)N[N+](C)(C)CCC. The number of hydrogen-bond donors (Lipinski definition) is 1. The molecule has 0 aliphatic rings. The van der Waals surface area contributed by atoms with Crippen LogP contribution in [0.3, 0.4) is 0 Å². The Hall–Kier alpha value is -0.570. The minimum Gasteiger partial charge on any atom is -0.270 e. The third kappa shape index (κ3) is 10.6. The second-order valence-corrected chi connectivity index (χ2v) is 5.81. The molecule has 0 spiro atoms. The van der Waals surface area contributed by atoms with E-state index in [0.29, 0.717) is 11.0 Å². The molecule has 0 atom stereocenters. The van der Waals surface area contributed by atoms with Crippen molar-refractivity contribution in [3.8, 4) is 0 Å². The second-order valence-electron chi connectivity index (χ2n) is 5.81. The number of nitrogens with zero attached hydrogens (tertiary/aromatic N) is 1. The number of nitrogens with one attached hydrogen (secondary N) is 1. The van der Waals surface area contributed by atoms with E-state index < -0.39 is 0 Å². The summed E-state index contributed by atoms with van der Waals surface area (Å²) in [6.07, 6.45) is 10.6. The van der Waals surface area contributed by atoms with Crippen LogP contribution < -0.4 is 5.43 Å². The molecule has 108 valence electrons. The number of carbonyl (C=O) groups is 1. The Labute approximate surface area is 113 Å². The maximum atomic E-state index is 11.7. The number of hydrogen-bond acceptors (Lipinski definition) is 1. The van der Waals surface area contributed by atoms with E-state index in [1.54, 1.807) is 0 Å². The first-order chi connectivity index (χ1) is 8.52. The topological polar surface area (TPSA) is 29.1 Å². The molecule has 0 saturated carbocycles. The van der Waals surface area contributed by atoms with E-state index >= 15 is 0 Å². The molecule has 0 aromatic carbocycles. The molecule has 0 aromatic rings. The van der Waals surface area contributed by atoms with Crippen molar-refractivity contribution in [2.45, 2.75) is 71.6 Å². The predicted octanol–water partition coefficient (Wildman–Crippen LogP) is 3.64. The second kappa shape index (κ2) is 10.4. The Morgan fingerprint density at radius 1 is 0.889 bits per heavy atom. The van der Waals surface area contributed by atoms with Crippen LogP contribution in [0, 0.1) is 0 Å². The highest BCUT2D eigenvalue weighted by atomic mass is 16.2. The molecule has 0 fully saturated rings. The first-order valence-electron chi connectivity index (χ1n) is 7.66. The van der Waals surface area contributed by atoms with Crippen LogP contribution in [0.25, 0.3) is 0 Å². The summed E-state index contributed by atoms with van der Waals surface area (Å²) >= 11 is 0. The van der Waals surface area contributed by atoms with Gasteiger partial charge in [0.05, 0.1) is 14.1 Å². The molecule has 0 unspecified atom stereocenters. The van der Waals surface area contributed by atoms with Crippen LogP contribution in [0.5, 0.6) is 0 Å². The molecule has 0 bridgehead atoms. The molecule has 0 aromatic heterocycles. The van der Waals surface area contributed by atoms with Gasteiger partial charge in [-0.3, -0.25) is 4.79 Å². The van der Waals surface area contributed by atoms with Gasteiger partial charge in [0.1, 0.15) is 6.54 Å². The van der Waals surface area contributed by atoms with Crippen LogP contribution in [-0.2, 0) is 4.79 Å². The first kappa shape index (κ1) is 17.4. The summed E-state index contributed by atoms with van der Waals surface area (Å²) in [6, 6.07) is 0. The van der Waals surface area contributed by atoms with Gasteiger partial charge < -0.3 is 0 Å². The van der Waals surface area contributed by atoms with Gasteiger partial charge in [0.25, 0.3) is 5.91 Å². The summed E-state index contributed by atoms with van der Waals surface area (Å²) in [6.45, 7) is 5.37. The van der Waals surface area contributed by atoms with Crippen molar-refractivity contribution < 1.29 is 9.39 Å². The highest BCUT2D eigenvalue weighted by molar-refractivity contribution is 5.74. The van der Waals surface area contributed by atoms with Crippen molar-refractivity contribution >= 4 is 5.91 Å². The van der Waals surface area contributed by atoms with Crippen molar-refractivity contribution in [3.05, 3.63) is 0 Å². The molecule has 0 heterocycles. The van der Waals surface area contributed by atoms with Gasteiger partial charge in [0.15, 0.2) is 0 Å². The predicted molar refractivity (Wildman–Crippen MR) is 78.0 cm³/mol. The average molecular weight is 257 g/mol. The van der Waals surface area contributed by atoms with Crippen molar-refractivity contribution in [1.29, 1.82) is 0 Å². The number of carbonyl (C=O) groups excluding carboxylic acids is 1. The van der Waals surface area contributed by atoms with Gasteiger partial charge in [0.2, 0.25) is 0 Å². The maximum absolute atomic E-state index is 11.7. The summed E-state index contributed by atoms with van der Waals surface area (Å²) in [5.74, 6) is 0.196. The Balaban J connectivity index is 3.48. The van der Waals surface area contributed by atoms with Crippen LogP contribution in [0.2, 0.25) is 0 Å². The van der Waals surface area contributed by atoms with Gasteiger partial charge in [-0.25, -0.2) is 10.0 Å². The van der Waals surface area contributed by atoms with Gasteiger partial charge in [-0.1, -0.05) is 52.4 Å². The molecule has 0 aliphatic heterocycles. The van der Waals surface area contributed by atoms with Gasteiger partial charge in [-0.05, 0) is 12.8 Å². The molecule has 3 nitrogen and oxygen atoms in total. The average Bonchev–Trinajstić information content (AvgIpc) is 2.27. The van der Waals surface area contributed by atoms with E-state index in [9.17, 15) is 4.79 Å². The van der Waals surface area contributed by atoms with E-state index in [1.807, 2.05) is 14.1 Å². The fraction of sp³-hybridized carbons (Fsp3) is 0.933. The van der Waals surface area contributed by atoms with Crippen LogP contribution >= 0.6 is 0 Å². The molecular formula is C15H33N2O+. The smallest absolute Gasteiger partial charge is 0.264 e. The van der Waals surface area contributed by atoms with Crippen LogP contribution in [0.15, 0.2) is 0 Å². The normalized spacial score (nSPS) is 11.6. The van der Waals surface area contributed by atoms with Crippen LogP contribution in [-0.4, -0.2) is 31.1 Å². The Kier molecular flexibility index (Phi) is 10.0. The lowest BCUT2D eigenvalue weighted by Crippen LogP contribution is -2.54. The van der Waals surface area contributed by atoms with Crippen molar-refractivity contribution in [1.82, 2.24) is 5.43 Å². The maximum Gasteiger partial charge on any atom is 0.264 e. The van der Waals surface area contributed by atoms with Gasteiger partial charge in [0, 0.05) is 6.42 Å². The highest BCUT2D eigenvalue weighted by Crippen LogP contribution is 2.08. The van der Waals surface area contributed by atoms with Crippen molar-refractivity contribution in [2.24, 2.45) is 0 Å². The van der Waals surface area contributed by atoms with Gasteiger partial charge in [-0.2, -0.15) is 0 Å². The number of rotatable bonds is 11. The molecule has 1 amide bonds. The molecule has 1 N–H and O–H groups in total. The number of unbranched alkanes of at least 4 members (excludes halogenated alkanes) is 6. The highest BCUT2D eigenvalue weighted by Gasteiger charge is 2.16. The molecule has 3 heteroatoms. The van der Waals surface area contributed by atoms with E-state index in [1.165, 1.54) is 38.5 Å². The van der Waals surface area contributed by atoms with Crippen molar-refractivity contribution in [2.75, 3.05) is 20.6 Å². The number of quaternary nitrogens is 1. The lowest BCUT2D eigenvalue weighted by molar-refractivity contribution is -0.925. The summed E-state index contributed by atoms with van der Waals surface area (Å²) in [5, 5.41) is 0. The molecule has 18 heavy (non-hydrogen) atoms. The largest absolute Gasteiger partial charge is 0.270 e. The van der Waals surface area contributed by atoms with E-state index in [-0.39, 0.29) is 5.91 Å². The summed E-state index contributed by atoms with van der Waals surface area (Å²) in [5.41, 5.74) is 3.07. The lowest BCUT2D eigenvalue weighted by Gasteiger charge is -2.28. The van der Waals surface area contributed by atoms with Crippen LogP contribution in [0.1, 0.15) is 71.6 Å². The molecular weight excluding hydrogens is 224 g/mol. The Morgan fingerprint density at radius 3 is 2.00 bits per heavy atom. The minimum atomic E-state index is 0.196. The quantitative estimate of drug-likeness (QED) is 0.342. The van der Waals surface area contributed by atoms with Gasteiger partial charge >= 0.3 is 0 Å². The summed E-state index contributed by atoms with van der Waals surface area (Å²) in [7, 11) is 4.10. The molecule has 0 saturated heterocycles. The molecule has 0 radical (unpaired) electrons. The Morgan fingerprint density at radius 2 is 1.44 bits per heavy atom. The molecule has 0 rings (SSSR count). The van der Waals surface area contributed by atoms with Gasteiger partial charge in [-0.15, -0.1) is 0 Å².